The van der Waals surface area contributed by atoms with Crippen molar-refractivity contribution in [3.8, 4) is 0 Å². The number of nitrogens with one attached hydrogen (secondary N) is 1. The molecule has 3 aromatic rings. The second-order valence-electron chi connectivity index (χ2n) is 5.22. The molecule has 0 radical (unpaired) electrons. The molecular weight excluding hydrogens is 326 g/mol. The average molecular weight is 341 g/mol. The van der Waals surface area contributed by atoms with Gasteiger partial charge in [-0.25, -0.2) is 4.98 Å². The van der Waals surface area contributed by atoms with Crippen molar-refractivity contribution in [2.75, 3.05) is 11.1 Å². The molecule has 0 aliphatic heterocycles. The van der Waals surface area contributed by atoms with Crippen LogP contribution >= 0.6 is 11.8 Å². The van der Waals surface area contributed by atoms with Crippen molar-refractivity contribution in [1.29, 1.82) is 0 Å². The Bertz CT molecular complexity index is 903. The Kier molecular flexibility index (Phi) is 4.61. The summed E-state index contributed by atoms with van der Waals surface area (Å²) in [5.74, 6) is -0.0227. The van der Waals surface area contributed by atoms with E-state index >= 15 is 0 Å². The molecule has 1 aromatic carbocycles. The molecule has 0 saturated carbocycles. The fraction of sp³-hybridized carbons (Fsp3) is 0.176. The number of thioether (sulfide) groups is 1. The third-order valence-corrected chi connectivity index (χ3v) is 4.10. The predicted octanol–water partition coefficient (Wildman–Crippen LogP) is 3.46. The highest BCUT2D eigenvalue weighted by atomic mass is 32.2. The molecule has 2 heterocycles. The van der Waals surface area contributed by atoms with Crippen LogP contribution in [0.3, 0.4) is 0 Å². The van der Waals surface area contributed by atoms with Crippen molar-refractivity contribution >= 4 is 40.4 Å². The van der Waals surface area contributed by atoms with E-state index in [9.17, 15) is 9.59 Å². The smallest absolute Gasteiger partial charge is 0.258 e. The molecule has 1 N–H and O–H groups in total. The summed E-state index contributed by atoms with van der Waals surface area (Å²) in [5.41, 5.74) is 3.25. The molecule has 0 saturated heterocycles. The molecule has 0 aliphatic rings. The number of carbonyl (C=O) groups is 2. The number of pyridine rings is 1. The first kappa shape index (κ1) is 16.2. The van der Waals surface area contributed by atoms with Crippen LogP contribution in [0.5, 0.6) is 0 Å². The van der Waals surface area contributed by atoms with Crippen molar-refractivity contribution in [2.24, 2.45) is 0 Å². The van der Waals surface area contributed by atoms with Crippen LogP contribution in [-0.4, -0.2) is 27.4 Å². The molecule has 0 fully saturated rings. The van der Waals surface area contributed by atoms with E-state index in [4.69, 9.17) is 4.42 Å². The standard InChI is InChI=1S/C17H15N3O3S/c1-10-3-8-14-16(18-10)20-17(23-14)24-9-15(22)19-13-6-4-12(5-7-13)11(2)21/h3-8H,9H2,1-2H3,(H,19,22). The Morgan fingerprint density at radius 2 is 1.88 bits per heavy atom. The summed E-state index contributed by atoms with van der Waals surface area (Å²) in [4.78, 5) is 31.7. The lowest BCUT2D eigenvalue weighted by atomic mass is 10.1. The van der Waals surface area contributed by atoms with Gasteiger partial charge < -0.3 is 9.73 Å². The SMILES string of the molecule is CC(=O)c1ccc(NC(=O)CSc2nc3nc(C)ccc3o2)cc1. The van der Waals surface area contributed by atoms with Gasteiger partial charge in [0.05, 0.1) is 5.75 Å². The quantitative estimate of drug-likeness (QED) is 0.565. The van der Waals surface area contributed by atoms with Crippen LogP contribution in [0.15, 0.2) is 46.0 Å². The minimum absolute atomic E-state index is 0.0109. The van der Waals surface area contributed by atoms with Gasteiger partial charge in [0.15, 0.2) is 17.0 Å². The lowest BCUT2D eigenvalue weighted by molar-refractivity contribution is -0.113. The van der Waals surface area contributed by atoms with E-state index in [1.54, 1.807) is 24.3 Å². The fourth-order valence-corrected chi connectivity index (χ4v) is 2.69. The molecule has 7 heteroatoms. The number of aromatic nitrogens is 2. The van der Waals surface area contributed by atoms with Crippen LogP contribution in [0.2, 0.25) is 0 Å². The summed E-state index contributed by atoms with van der Waals surface area (Å²) in [6.07, 6.45) is 0. The Morgan fingerprint density at radius 1 is 1.12 bits per heavy atom. The first-order valence-electron chi connectivity index (χ1n) is 7.29. The number of oxazole rings is 1. The third-order valence-electron chi connectivity index (χ3n) is 3.27. The number of rotatable bonds is 5. The molecule has 24 heavy (non-hydrogen) atoms. The topological polar surface area (TPSA) is 85.1 Å². The van der Waals surface area contributed by atoms with Crippen LogP contribution in [0.25, 0.3) is 11.2 Å². The van der Waals surface area contributed by atoms with E-state index in [2.05, 4.69) is 15.3 Å². The number of hydrogen-bond donors (Lipinski definition) is 1. The Balaban J connectivity index is 1.59. The predicted molar refractivity (Wildman–Crippen MR) is 92.3 cm³/mol. The molecule has 6 nitrogen and oxygen atoms in total. The average Bonchev–Trinajstić information content (AvgIpc) is 2.95. The van der Waals surface area contributed by atoms with Gasteiger partial charge in [-0.1, -0.05) is 11.8 Å². The van der Waals surface area contributed by atoms with Gasteiger partial charge in [0.25, 0.3) is 5.22 Å². The molecule has 0 aliphatic carbocycles. The molecular formula is C17H15N3O3S. The lowest BCUT2D eigenvalue weighted by Gasteiger charge is -2.04. The number of benzene rings is 1. The van der Waals surface area contributed by atoms with E-state index in [-0.39, 0.29) is 17.4 Å². The highest BCUT2D eigenvalue weighted by Gasteiger charge is 2.10. The first-order valence-corrected chi connectivity index (χ1v) is 8.27. The van der Waals surface area contributed by atoms with Gasteiger partial charge in [-0.15, -0.1) is 0 Å². The number of aryl methyl sites for hydroxylation is 1. The van der Waals surface area contributed by atoms with Crippen LogP contribution in [0.1, 0.15) is 23.0 Å². The number of ketones is 1. The molecule has 3 rings (SSSR count). The number of fused-ring (bicyclic) bond motifs is 1. The summed E-state index contributed by atoms with van der Waals surface area (Å²) < 4.78 is 5.54. The molecule has 122 valence electrons. The van der Waals surface area contributed by atoms with Crippen molar-refractivity contribution in [3.63, 3.8) is 0 Å². The molecule has 0 bridgehead atoms. The maximum Gasteiger partial charge on any atom is 0.258 e. The van der Waals surface area contributed by atoms with Gasteiger partial charge in [0.1, 0.15) is 0 Å². The first-order chi connectivity index (χ1) is 11.5. The van der Waals surface area contributed by atoms with Crippen molar-refractivity contribution in [3.05, 3.63) is 47.7 Å². The van der Waals surface area contributed by atoms with Gasteiger partial charge in [-0.2, -0.15) is 4.98 Å². The maximum atomic E-state index is 12.0. The van der Waals surface area contributed by atoms with E-state index < -0.39 is 0 Å². The number of Topliss-reactive ketones (excluding diaryl/α,β-unsaturated/α-hetero) is 1. The van der Waals surface area contributed by atoms with E-state index in [1.165, 1.54) is 18.7 Å². The molecule has 0 unspecified atom stereocenters. The molecule has 1 amide bonds. The number of anilines is 1. The summed E-state index contributed by atoms with van der Waals surface area (Å²) >= 11 is 1.20. The van der Waals surface area contributed by atoms with Gasteiger partial charge >= 0.3 is 0 Å². The normalized spacial score (nSPS) is 10.8. The van der Waals surface area contributed by atoms with Gasteiger partial charge in [-0.05, 0) is 50.2 Å². The Hall–Kier alpha value is -2.67. The zero-order chi connectivity index (χ0) is 17.1. The summed E-state index contributed by atoms with van der Waals surface area (Å²) in [5, 5.41) is 3.17. The molecule has 2 aromatic heterocycles. The van der Waals surface area contributed by atoms with E-state index in [0.717, 1.165) is 5.69 Å². The van der Waals surface area contributed by atoms with Gasteiger partial charge in [-0.3, -0.25) is 9.59 Å². The fourth-order valence-electron chi connectivity index (χ4n) is 2.07. The van der Waals surface area contributed by atoms with Crippen LogP contribution in [0.4, 0.5) is 5.69 Å². The minimum Gasteiger partial charge on any atom is -0.430 e. The molecule has 0 atom stereocenters. The number of hydrogen-bond acceptors (Lipinski definition) is 6. The minimum atomic E-state index is -0.179. The van der Waals surface area contributed by atoms with Gasteiger partial charge in [0.2, 0.25) is 5.91 Å². The van der Waals surface area contributed by atoms with Crippen molar-refractivity contribution in [1.82, 2.24) is 9.97 Å². The number of nitrogens with zero attached hydrogens (tertiary/aromatic N) is 2. The van der Waals surface area contributed by atoms with E-state index in [1.807, 2.05) is 19.1 Å². The highest BCUT2D eigenvalue weighted by molar-refractivity contribution is 7.99. The zero-order valence-electron chi connectivity index (χ0n) is 13.2. The lowest BCUT2D eigenvalue weighted by Crippen LogP contribution is -2.14. The largest absolute Gasteiger partial charge is 0.430 e. The summed E-state index contributed by atoms with van der Waals surface area (Å²) in [6, 6.07) is 10.4. The third kappa shape index (κ3) is 3.80. The van der Waals surface area contributed by atoms with Crippen molar-refractivity contribution < 1.29 is 14.0 Å². The van der Waals surface area contributed by atoms with Gasteiger partial charge in [0, 0.05) is 16.9 Å². The van der Waals surface area contributed by atoms with Crippen LogP contribution in [0, 0.1) is 6.92 Å². The summed E-state index contributed by atoms with van der Waals surface area (Å²) in [7, 11) is 0. The zero-order valence-corrected chi connectivity index (χ0v) is 14.0. The second-order valence-corrected chi connectivity index (χ2v) is 6.15. The molecule has 0 spiro atoms. The monoisotopic (exact) mass is 341 g/mol. The van der Waals surface area contributed by atoms with E-state index in [0.29, 0.717) is 27.7 Å². The Labute approximate surface area is 142 Å². The van der Waals surface area contributed by atoms with Crippen LogP contribution < -0.4 is 5.32 Å². The van der Waals surface area contributed by atoms with Crippen LogP contribution in [-0.2, 0) is 4.79 Å². The van der Waals surface area contributed by atoms with Crippen molar-refractivity contribution in [2.45, 2.75) is 19.1 Å². The number of amides is 1. The second kappa shape index (κ2) is 6.84. The summed E-state index contributed by atoms with van der Waals surface area (Å²) in [6.45, 7) is 3.38. The maximum absolute atomic E-state index is 12.0. The Morgan fingerprint density at radius 3 is 2.58 bits per heavy atom. The number of carbonyl (C=O) groups excluding carboxylic acids is 2. The highest BCUT2D eigenvalue weighted by Crippen LogP contribution is 2.22.